The van der Waals surface area contributed by atoms with E-state index in [0.29, 0.717) is 12.1 Å². The lowest BCUT2D eigenvalue weighted by atomic mass is 10.2. The molecule has 1 aromatic rings. The second-order valence-corrected chi connectivity index (χ2v) is 4.09. The molecule has 0 heterocycles. The van der Waals surface area contributed by atoms with Crippen molar-refractivity contribution < 1.29 is 26.3 Å². The van der Waals surface area contributed by atoms with Gasteiger partial charge in [0.1, 0.15) is 5.82 Å². The maximum atomic E-state index is 13.4. The molecule has 0 amide bonds. The molecule has 94 valence electrons. The second kappa shape index (κ2) is 4.69. The van der Waals surface area contributed by atoms with E-state index in [4.69, 9.17) is 0 Å². The summed E-state index contributed by atoms with van der Waals surface area (Å²) < 4.78 is 51.3. The first-order valence-electron chi connectivity index (χ1n) is 4.01. The lowest BCUT2D eigenvalue weighted by Gasteiger charge is -2.04. The molecule has 0 unspecified atom stereocenters. The van der Waals surface area contributed by atoms with Gasteiger partial charge >= 0.3 is 16.0 Å². The molecule has 0 saturated carbocycles. The fraction of sp³-hybridized carbons (Fsp3) is 0.143. The number of nitrogens with zero attached hydrogens (tertiary/aromatic N) is 1. The van der Waals surface area contributed by atoms with Crippen molar-refractivity contribution in [3.63, 3.8) is 0 Å². The number of hydrogen-bond acceptors (Lipinski definition) is 5. The van der Waals surface area contributed by atoms with Crippen LogP contribution < -0.4 is 5.14 Å². The fourth-order valence-corrected chi connectivity index (χ4v) is 1.28. The number of halogens is 2. The summed E-state index contributed by atoms with van der Waals surface area (Å²) in [7, 11) is -4.39. The van der Waals surface area contributed by atoms with Crippen LogP contribution in [0.3, 0.4) is 0 Å². The summed E-state index contributed by atoms with van der Waals surface area (Å²) >= 11 is 0. The number of nitro benzene ring substituents is 1. The Morgan fingerprint density at radius 2 is 2.00 bits per heavy atom. The molecule has 0 radical (unpaired) electrons. The number of rotatable bonds is 4. The molecule has 2 N–H and O–H groups in total. The maximum Gasteiger partial charge on any atom is 0.333 e. The lowest BCUT2D eigenvalue weighted by Crippen LogP contribution is -2.16. The summed E-state index contributed by atoms with van der Waals surface area (Å²) in [6.45, 7) is -1.06. The van der Waals surface area contributed by atoms with Crippen molar-refractivity contribution in [2.75, 3.05) is 0 Å². The van der Waals surface area contributed by atoms with Gasteiger partial charge in [0.2, 0.25) is 5.82 Å². The molecule has 0 atom stereocenters. The molecule has 0 aliphatic carbocycles. The molecule has 0 aliphatic rings. The molecule has 0 saturated heterocycles. The van der Waals surface area contributed by atoms with Gasteiger partial charge in [-0.3, -0.25) is 14.3 Å². The molecule has 0 aromatic heterocycles. The standard InChI is InChI=1S/C7H6F2N2O5S/c8-5-1-2-6(11(12)13)7(9)4(5)3-16-17(10,14)15/h1-2H,3H2,(H2,10,14,15). The van der Waals surface area contributed by atoms with Crippen LogP contribution in [0.25, 0.3) is 0 Å². The topological polar surface area (TPSA) is 113 Å². The molecule has 10 heteroatoms. The van der Waals surface area contributed by atoms with Gasteiger partial charge in [-0.2, -0.15) is 12.8 Å². The average molecular weight is 268 g/mol. The van der Waals surface area contributed by atoms with Gasteiger partial charge in [0, 0.05) is 6.07 Å². The van der Waals surface area contributed by atoms with E-state index in [0.717, 1.165) is 0 Å². The van der Waals surface area contributed by atoms with E-state index in [1.54, 1.807) is 0 Å². The SMILES string of the molecule is NS(=O)(=O)OCc1c(F)ccc([N+](=O)[O-])c1F. The van der Waals surface area contributed by atoms with Crippen LogP contribution in [0.2, 0.25) is 0 Å². The van der Waals surface area contributed by atoms with Crippen LogP contribution in [0, 0.1) is 21.7 Å². The van der Waals surface area contributed by atoms with Crippen molar-refractivity contribution in [3.05, 3.63) is 39.4 Å². The Balaban J connectivity index is 3.14. The van der Waals surface area contributed by atoms with Crippen molar-refractivity contribution in [1.82, 2.24) is 0 Å². The normalized spacial score (nSPS) is 11.5. The Labute approximate surface area is 94.2 Å². The van der Waals surface area contributed by atoms with E-state index in [-0.39, 0.29) is 0 Å². The fourth-order valence-electron chi connectivity index (χ4n) is 1.000. The van der Waals surface area contributed by atoms with Crippen LogP contribution in [0.4, 0.5) is 14.5 Å². The zero-order chi connectivity index (χ0) is 13.2. The number of hydrogen-bond donors (Lipinski definition) is 1. The number of benzene rings is 1. The predicted octanol–water partition coefficient (Wildman–Crippen LogP) is 0.593. The third-order valence-electron chi connectivity index (χ3n) is 1.73. The smallest absolute Gasteiger partial charge is 0.258 e. The highest BCUT2D eigenvalue weighted by molar-refractivity contribution is 7.84. The molecule has 0 fully saturated rings. The molecular formula is C7H6F2N2O5S. The maximum absolute atomic E-state index is 13.4. The van der Waals surface area contributed by atoms with Crippen molar-refractivity contribution in [2.24, 2.45) is 5.14 Å². The largest absolute Gasteiger partial charge is 0.333 e. The Kier molecular flexibility index (Phi) is 3.70. The third kappa shape index (κ3) is 3.41. The van der Waals surface area contributed by atoms with Gasteiger partial charge in [-0.15, -0.1) is 0 Å². The first-order valence-corrected chi connectivity index (χ1v) is 5.48. The van der Waals surface area contributed by atoms with Crippen molar-refractivity contribution in [1.29, 1.82) is 0 Å². The van der Waals surface area contributed by atoms with E-state index in [2.05, 4.69) is 9.32 Å². The summed E-state index contributed by atoms with van der Waals surface area (Å²) in [5.74, 6) is -2.67. The van der Waals surface area contributed by atoms with E-state index >= 15 is 0 Å². The van der Waals surface area contributed by atoms with Crippen molar-refractivity contribution in [3.8, 4) is 0 Å². The summed E-state index contributed by atoms with van der Waals surface area (Å²) in [4.78, 5) is 9.27. The second-order valence-electron chi connectivity index (χ2n) is 2.87. The minimum Gasteiger partial charge on any atom is -0.258 e. The highest BCUT2D eigenvalue weighted by atomic mass is 32.2. The molecule has 0 spiro atoms. The van der Waals surface area contributed by atoms with Gasteiger partial charge in [-0.1, -0.05) is 0 Å². The predicted molar refractivity (Wildman–Crippen MR) is 50.9 cm³/mol. The van der Waals surface area contributed by atoms with Gasteiger partial charge in [-0.25, -0.2) is 9.53 Å². The summed E-state index contributed by atoms with van der Waals surface area (Å²) in [6, 6.07) is 1.24. The van der Waals surface area contributed by atoms with Gasteiger partial charge < -0.3 is 0 Å². The monoisotopic (exact) mass is 268 g/mol. The number of nitro groups is 1. The van der Waals surface area contributed by atoms with Crippen LogP contribution in [0.5, 0.6) is 0 Å². The van der Waals surface area contributed by atoms with E-state index in [1.165, 1.54) is 0 Å². The number of nitrogens with two attached hydrogens (primary N) is 1. The molecule has 1 aromatic carbocycles. The van der Waals surface area contributed by atoms with Gasteiger partial charge in [-0.05, 0) is 6.07 Å². The van der Waals surface area contributed by atoms with Crippen molar-refractivity contribution in [2.45, 2.75) is 6.61 Å². The van der Waals surface area contributed by atoms with Gasteiger partial charge in [0.05, 0.1) is 17.1 Å². The minimum atomic E-state index is -4.39. The molecule has 1 rings (SSSR count). The van der Waals surface area contributed by atoms with Gasteiger partial charge in [0.15, 0.2) is 0 Å². The Morgan fingerprint density at radius 1 is 1.41 bits per heavy atom. The molecule has 17 heavy (non-hydrogen) atoms. The van der Waals surface area contributed by atoms with Crippen LogP contribution in [0.15, 0.2) is 12.1 Å². The Morgan fingerprint density at radius 3 is 2.47 bits per heavy atom. The van der Waals surface area contributed by atoms with E-state index in [1.807, 2.05) is 0 Å². The quantitative estimate of drug-likeness (QED) is 0.634. The zero-order valence-corrected chi connectivity index (χ0v) is 8.91. The summed E-state index contributed by atoms with van der Waals surface area (Å²) in [5, 5.41) is 14.8. The molecule has 0 bridgehead atoms. The third-order valence-corrected chi connectivity index (χ3v) is 2.18. The summed E-state index contributed by atoms with van der Waals surface area (Å²) in [6.07, 6.45) is 0. The van der Waals surface area contributed by atoms with E-state index in [9.17, 15) is 27.3 Å². The molecule has 0 aliphatic heterocycles. The first kappa shape index (κ1) is 13.4. The highest BCUT2D eigenvalue weighted by Gasteiger charge is 2.22. The zero-order valence-electron chi connectivity index (χ0n) is 8.09. The molecular weight excluding hydrogens is 262 g/mol. The summed E-state index contributed by atoms with van der Waals surface area (Å²) in [5.41, 5.74) is -1.87. The van der Waals surface area contributed by atoms with Crippen LogP contribution in [-0.4, -0.2) is 13.3 Å². The van der Waals surface area contributed by atoms with Crippen molar-refractivity contribution >= 4 is 16.0 Å². The first-order chi connectivity index (χ1) is 7.72. The minimum absolute atomic E-state index is 0.616. The Hall–Kier alpha value is -1.65. The highest BCUT2D eigenvalue weighted by Crippen LogP contribution is 2.23. The van der Waals surface area contributed by atoms with Crippen LogP contribution >= 0.6 is 0 Å². The van der Waals surface area contributed by atoms with E-state index < -0.39 is 44.7 Å². The lowest BCUT2D eigenvalue weighted by molar-refractivity contribution is -0.387. The van der Waals surface area contributed by atoms with Crippen LogP contribution in [-0.2, 0) is 21.1 Å². The van der Waals surface area contributed by atoms with Crippen LogP contribution in [0.1, 0.15) is 5.56 Å². The van der Waals surface area contributed by atoms with Gasteiger partial charge in [0.25, 0.3) is 0 Å². The average Bonchev–Trinajstić information content (AvgIpc) is 2.14. The molecule has 7 nitrogen and oxygen atoms in total. The Bertz CT molecular complexity index is 560.